The fourth-order valence-corrected chi connectivity index (χ4v) is 4.29. The Bertz CT molecular complexity index is 902. The summed E-state index contributed by atoms with van der Waals surface area (Å²) in [7, 11) is 0. The molecule has 0 aromatic carbocycles. The van der Waals surface area contributed by atoms with Crippen LogP contribution in [-0.4, -0.2) is 39.2 Å². The lowest BCUT2D eigenvalue weighted by Crippen LogP contribution is -2.47. The Hall–Kier alpha value is -2.81. The van der Waals surface area contributed by atoms with Crippen LogP contribution in [0.25, 0.3) is 10.2 Å². The third kappa shape index (κ3) is 2.86. The third-order valence-corrected chi connectivity index (χ3v) is 5.41. The van der Waals surface area contributed by atoms with Crippen molar-refractivity contribution >= 4 is 45.1 Å². The van der Waals surface area contributed by atoms with Crippen LogP contribution in [0, 0.1) is 0 Å². The fourth-order valence-electron chi connectivity index (χ4n) is 3.06. The number of hydrogen-bond donors (Lipinski definition) is 2. The number of hydrazine groups is 1. The van der Waals surface area contributed by atoms with E-state index < -0.39 is 17.7 Å². The minimum Gasteiger partial charge on any atom is -0.360 e. The highest BCUT2D eigenvalue weighted by Gasteiger charge is 2.25. The van der Waals surface area contributed by atoms with Crippen molar-refractivity contribution in [2.75, 3.05) is 11.9 Å². The largest absolute Gasteiger partial charge is 0.360 e. The second-order valence-corrected chi connectivity index (χ2v) is 6.93. The predicted octanol–water partition coefficient (Wildman–Crippen LogP) is 0.938. The predicted molar refractivity (Wildman–Crippen MR) is 91.7 cm³/mol. The molecule has 128 valence electrons. The second kappa shape index (κ2) is 6.25. The summed E-state index contributed by atoms with van der Waals surface area (Å²) in [6.07, 6.45) is 8.07. The maximum atomic E-state index is 12.0. The Labute approximate surface area is 146 Å². The van der Waals surface area contributed by atoms with Gasteiger partial charge in [-0.2, -0.15) is 5.01 Å². The average molecular weight is 357 g/mol. The third-order valence-electron chi connectivity index (χ3n) is 4.21. The normalized spacial score (nSPS) is 16.4. The number of nitrogens with one attached hydrogen (secondary N) is 2. The molecule has 0 atom stereocenters. The molecule has 1 aliphatic heterocycles. The molecule has 2 aliphatic rings. The number of thiophene rings is 1. The van der Waals surface area contributed by atoms with Crippen molar-refractivity contribution in [3.8, 4) is 0 Å². The maximum absolute atomic E-state index is 12.0. The number of rotatable bonds is 4. The number of anilines is 1. The van der Waals surface area contributed by atoms with Gasteiger partial charge >= 0.3 is 0 Å². The molecule has 0 unspecified atom stereocenters. The summed E-state index contributed by atoms with van der Waals surface area (Å²) in [6.45, 7) is -0.103. The molecule has 0 bridgehead atoms. The van der Waals surface area contributed by atoms with Crippen LogP contribution in [0.2, 0.25) is 0 Å². The molecule has 2 aromatic heterocycles. The van der Waals surface area contributed by atoms with E-state index >= 15 is 0 Å². The van der Waals surface area contributed by atoms with Crippen LogP contribution in [0.15, 0.2) is 18.5 Å². The molecule has 0 saturated heterocycles. The van der Waals surface area contributed by atoms with Gasteiger partial charge in [0.2, 0.25) is 0 Å². The van der Waals surface area contributed by atoms with Gasteiger partial charge in [0.05, 0.1) is 11.9 Å². The van der Waals surface area contributed by atoms with E-state index in [1.807, 2.05) is 0 Å². The van der Waals surface area contributed by atoms with Gasteiger partial charge in [-0.1, -0.05) is 0 Å². The monoisotopic (exact) mass is 357 g/mol. The molecule has 3 amide bonds. The van der Waals surface area contributed by atoms with E-state index in [1.54, 1.807) is 11.3 Å². The van der Waals surface area contributed by atoms with Crippen LogP contribution in [-0.2, 0) is 27.2 Å². The van der Waals surface area contributed by atoms with Gasteiger partial charge in [0.15, 0.2) is 0 Å². The molecule has 3 heterocycles. The zero-order valence-corrected chi connectivity index (χ0v) is 14.1. The molecule has 25 heavy (non-hydrogen) atoms. The van der Waals surface area contributed by atoms with Crippen LogP contribution < -0.4 is 10.7 Å². The molecule has 0 radical (unpaired) electrons. The lowest BCUT2D eigenvalue weighted by molar-refractivity contribution is -0.145. The number of amides is 3. The van der Waals surface area contributed by atoms with E-state index in [0.29, 0.717) is 10.8 Å². The zero-order chi connectivity index (χ0) is 17.4. The smallest absolute Gasteiger partial charge is 0.272 e. The standard InChI is InChI=1S/C16H15N5O3S/c22-11(20-21-12(23)5-6-13(21)24)7-17-15-14-9-3-1-2-4-10(9)25-16(14)19-8-18-15/h5-6,8H,1-4,7H2,(H,20,22)(H,17,18,19). The molecule has 0 spiro atoms. The molecule has 2 aromatic rings. The zero-order valence-electron chi connectivity index (χ0n) is 13.2. The minimum absolute atomic E-state index is 0.103. The number of carbonyl (C=O) groups is 3. The Morgan fingerprint density at radius 3 is 2.72 bits per heavy atom. The first-order valence-electron chi connectivity index (χ1n) is 7.98. The highest BCUT2D eigenvalue weighted by molar-refractivity contribution is 7.19. The van der Waals surface area contributed by atoms with Crippen molar-refractivity contribution in [1.82, 2.24) is 20.4 Å². The first-order chi connectivity index (χ1) is 12.1. The SMILES string of the molecule is O=C(CNc1ncnc2sc3c(c12)CCCC3)NN1C(=O)C=CC1=O. The van der Waals surface area contributed by atoms with E-state index in [1.165, 1.54) is 23.2 Å². The molecule has 0 fully saturated rings. The van der Waals surface area contributed by atoms with Crippen LogP contribution in [0.3, 0.4) is 0 Å². The Kier molecular flexibility index (Phi) is 3.92. The topological polar surface area (TPSA) is 104 Å². The number of hydrogen-bond acceptors (Lipinski definition) is 7. The van der Waals surface area contributed by atoms with E-state index in [9.17, 15) is 14.4 Å². The Morgan fingerprint density at radius 1 is 1.16 bits per heavy atom. The minimum atomic E-state index is -0.560. The van der Waals surface area contributed by atoms with Gasteiger partial charge in [-0.3, -0.25) is 19.8 Å². The average Bonchev–Trinajstić information content (AvgIpc) is 3.15. The van der Waals surface area contributed by atoms with Gasteiger partial charge < -0.3 is 5.32 Å². The summed E-state index contributed by atoms with van der Waals surface area (Å²) in [5.41, 5.74) is 3.55. The van der Waals surface area contributed by atoms with Crippen LogP contribution in [0.5, 0.6) is 0 Å². The first-order valence-corrected chi connectivity index (χ1v) is 8.80. The molecule has 1 aliphatic carbocycles. The molecule has 0 saturated carbocycles. The van der Waals surface area contributed by atoms with Gasteiger partial charge in [0.1, 0.15) is 17.0 Å². The summed E-state index contributed by atoms with van der Waals surface area (Å²) in [4.78, 5) is 45.8. The molecule has 2 N–H and O–H groups in total. The number of nitrogens with zero attached hydrogens (tertiary/aromatic N) is 3. The number of fused-ring (bicyclic) bond motifs is 3. The maximum Gasteiger partial charge on any atom is 0.272 e. The Balaban J connectivity index is 1.49. The highest BCUT2D eigenvalue weighted by atomic mass is 32.1. The molecule has 8 nitrogen and oxygen atoms in total. The first kappa shape index (κ1) is 15.7. The quantitative estimate of drug-likeness (QED) is 0.789. The lowest BCUT2D eigenvalue weighted by Gasteiger charge is -2.15. The number of carbonyl (C=O) groups excluding carboxylic acids is 3. The van der Waals surface area contributed by atoms with Crippen molar-refractivity contribution in [3.05, 3.63) is 28.9 Å². The van der Waals surface area contributed by atoms with Crippen LogP contribution in [0.4, 0.5) is 5.82 Å². The number of aromatic nitrogens is 2. The van der Waals surface area contributed by atoms with Crippen LogP contribution >= 0.6 is 11.3 Å². The molecule has 9 heteroatoms. The summed E-state index contributed by atoms with van der Waals surface area (Å²) in [5, 5.41) is 4.66. The van der Waals surface area contributed by atoms with E-state index in [2.05, 4.69) is 20.7 Å². The van der Waals surface area contributed by atoms with Gasteiger partial charge in [0, 0.05) is 17.0 Å². The summed E-state index contributed by atoms with van der Waals surface area (Å²) >= 11 is 1.68. The molecular formula is C16H15N5O3S. The van der Waals surface area contributed by atoms with Gasteiger partial charge in [-0.05, 0) is 31.2 Å². The Morgan fingerprint density at radius 2 is 1.92 bits per heavy atom. The van der Waals surface area contributed by atoms with E-state index in [-0.39, 0.29) is 6.54 Å². The van der Waals surface area contributed by atoms with Crippen molar-refractivity contribution in [2.24, 2.45) is 0 Å². The summed E-state index contributed by atoms with van der Waals surface area (Å²) in [5.74, 6) is -1.01. The lowest BCUT2D eigenvalue weighted by atomic mass is 9.97. The van der Waals surface area contributed by atoms with Crippen molar-refractivity contribution in [2.45, 2.75) is 25.7 Å². The number of imide groups is 1. The van der Waals surface area contributed by atoms with Gasteiger partial charge in [-0.25, -0.2) is 9.97 Å². The van der Waals surface area contributed by atoms with Crippen molar-refractivity contribution < 1.29 is 14.4 Å². The summed E-state index contributed by atoms with van der Waals surface area (Å²) < 4.78 is 0. The van der Waals surface area contributed by atoms with Gasteiger partial charge in [-0.15, -0.1) is 11.3 Å². The number of aryl methyl sites for hydroxylation is 2. The highest BCUT2D eigenvalue weighted by Crippen LogP contribution is 2.37. The van der Waals surface area contributed by atoms with Crippen molar-refractivity contribution in [3.63, 3.8) is 0 Å². The molecule has 4 rings (SSSR count). The fraction of sp³-hybridized carbons (Fsp3) is 0.312. The molecular weight excluding hydrogens is 342 g/mol. The van der Waals surface area contributed by atoms with E-state index in [0.717, 1.165) is 41.6 Å². The van der Waals surface area contributed by atoms with Crippen LogP contribution in [0.1, 0.15) is 23.3 Å². The van der Waals surface area contributed by atoms with Crippen molar-refractivity contribution in [1.29, 1.82) is 0 Å². The van der Waals surface area contributed by atoms with Gasteiger partial charge in [0.25, 0.3) is 17.7 Å². The van der Waals surface area contributed by atoms with E-state index in [4.69, 9.17) is 0 Å². The second-order valence-electron chi connectivity index (χ2n) is 5.85. The summed E-state index contributed by atoms with van der Waals surface area (Å²) in [6, 6.07) is 0.